The van der Waals surface area contributed by atoms with Gasteiger partial charge in [-0.25, -0.2) is 0 Å². The quantitative estimate of drug-likeness (QED) is 0.405. The van der Waals surface area contributed by atoms with E-state index in [0.29, 0.717) is 13.0 Å². The van der Waals surface area contributed by atoms with Crippen LogP contribution in [0.2, 0.25) is 0 Å². The number of nitrogens with one attached hydrogen (secondary N) is 1. The average Bonchev–Trinajstić information content (AvgIpc) is 2.95. The van der Waals surface area contributed by atoms with Crippen molar-refractivity contribution in [2.45, 2.75) is 57.3 Å². The third kappa shape index (κ3) is 5.16. The SMILES string of the molecule is CC(C)(C=O)Cc1[nH]c2ccc(OCc3ccccn3)cc2c1SC(C)(C)C. The first kappa shape index (κ1) is 20.5. The molecule has 0 saturated heterocycles. The van der Waals surface area contributed by atoms with Crippen molar-refractivity contribution >= 4 is 29.0 Å². The van der Waals surface area contributed by atoms with E-state index in [2.05, 4.69) is 36.8 Å². The molecule has 0 aliphatic carbocycles. The van der Waals surface area contributed by atoms with E-state index < -0.39 is 5.41 Å². The summed E-state index contributed by atoms with van der Waals surface area (Å²) in [4.78, 5) is 20.5. The molecule has 3 aromatic rings. The summed E-state index contributed by atoms with van der Waals surface area (Å²) in [7, 11) is 0. The molecule has 28 heavy (non-hydrogen) atoms. The van der Waals surface area contributed by atoms with E-state index in [0.717, 1.165) is 34.3 Å². The lowest BCUT2D eigenvalue weighted by molar-refractivity contribution is -0.114. The predicted molar refractivity (Wildman–Crippen MR) is 116 cm³/mol. The van der Waals surface area contributed by atoms with Crippen LogP contribution in [0.15, 0.2) is 47.5 Å². The van der Waals surface area contributed by atoms with Gasteiger partial charge in [-0.1, -0.05) is 40.7 Å². The molecule has 148 valence electrons. The topological polar surface area (TPSA) is 55.0 Å². The van der Waals surface area contributed by atoms with Gasteiger partial charge in [-0.2, -0.15) is 0 Å². The van der Waals surface area contributed by atoms with Gasteiger partial charge in [0.2, 0.25) is 0 Å². The summed E-state index contributed by atoms with van der Waals surface area (Å²) >= 11 is 1.82. The van der Waals surface area contributed by atoms with Crippen LogP contribution in [0.3, 0.4) is 0 Å². The summed E-state index contributed by atoms with van der Waals surface area (Å²) in [6, 6.07) is 11.9. The monoisotopic (exact) mass is 396 g/mol. The molecule has 1 aromatic carbocycles. The molecule has 0 spiro atoms. The third-order valence-corrected chi connectivity index (χ3v) is 5.55. The number of thioether (sulfide) groups is 1. The Morgan fingerprint density at radius 2 is 1.93 bits per heavy atom. The molecule has 0 saturated carbocycles. The maximum absolute atomic E-state index is 11.5. The molecule has 0 aliphatic heterocycles. The average molecular weight is 397 g/mol. The van der Waals surface area contributed by atoms with Gasteiger partial charge >= 0.3 is 0 Å². The summed E-state index contributed by atoms with van der Waals surface area (Å²) in [6.45, 7) is 11.0. The van der Waals surface area contributed by atoms with E-state index in [9.17, 15) is 4.79 Å². The molecule has 5 heteroatoms. The molecule has 0 unspecified atom stereocenters. The van der Waals surface area contributed by atoms with Gasteiger partial charge in [0.25, 0.3) is 0 Å². The number of pyridine rings is 1. The second kappa shape index (κ2) is 8.00. The Morgan fingerprint density at radius 1 is 1.14 bits per heavy atom. The molecule has 4 nitrogen and oxygen atoms in total. The number of aromatic nitrogens is 2. The number of carbonyl (C=O) groups is 1. The Hall–Kier alpha value is -2.27. The first-order chi connectivity index (χ1) is 13.2. The number of H-pyrrole nitrogens is 1. The van der Waals surface area contributed by atoms with Crippen LogP contribution in [0.4, 0.5) is 0 Å². The molecular formula is C23H28N2O2S. The lowest BCUT2D eigenvalue weighted by Crippen LogP contribution is -2.17. The molecule has 1 N–H and O–H groups in total. The minimum absolute atomic E-state index is 0.0556. The second-order valence-corrected chi connectivity index (χ2v) is 10.6. The molecule has 2 aromatic heterocycles. The normalized spacial score (nSPS) is 12.3. The highest BCUT2D eigenvalue weighted by atomic mass is 32.2. The summed E-state index contributed by atoms with van der Waals surface area (Å²) < 4.78 is 6.03. The minimum Gasteiger partial charge on any atom is -0.487 e. The minimum atomic E-state index is -0.410. The van der Waals surface area contributed by atoms with Crippen LogP contribution in [-0.2, 0) is 17.8 Å². The number of benzene rings is 1. The summed E-state index contributed by atoms with van der Waals surface area (Å²) in [5, 5.41) is 1.13. The highest BCUT2D eigenvalue weighted by Crippen LogP contribution is 2.42. The van der Waals surface area contributed by atoms with Gasteiger partial charge < -0.3 is 14.5 Å². The fourth-order valence-electron chi connectivity index (χ4n) is 2.98. The van der Waals surface area contributed by atoms with Gasteiger partial charge in [-0.15, -0.1) is 11.8 Å². The van der Waals surface area contributed by atoms with Crippen molar-refractivity contribution in [3.8, 4) is 5.75 Å². The summed E-state index contributed by atoms with van der Waals surface area (Å²) in [6.07, 6.45) is 3.48. The highest BCUT2D eigenvalue weighted by Gasteiger charge is 2.25. The molecule has 3 rings (SSSR count). The number of aldehydes is 1. The first-order valence-corrected chi connectivity index (χ1v) is 10.3. The van der Waals surface area contributed by atoms with E-state index in [4.69, 9.17) is 4.74 Å². The van der Waals surface area contributed by atoms with E-state index in [1.54, 1.807) is 6.20 Å². The van der Waals surface area contributed by atoms with E-state index >= 15 is 0 Å². The predicted octanol–water partition coefficient (Wildman–Crippen LogP) is 5.80. The summed E-state index contributed by atoms with van der Waals surface area (Å²) in [5.74, 6) is 0.814. The van der Waals surface area contributed by atoms with Crippen LogP contribution in [0.1, 0.15) is 46.0 Å². The van der Waals surface area contributed by atoms with Gasteiger partial charge in [0.1, 0.15) is 18.6 Å². The van der Waals surface area contributed by atoms with Gasteiger partial charge in [-0.05, 0) is 30.3 Å². The molecule has 0 bridgehead atoms. The van der Waals surface area contributed by atoms with Crippen LogP contribution >= 0.6 is 11.8 Å². The van der Waals surface area contributed by atoms with Crippen LogP contribution in [-0.4, -0.2) is 21.0 Å². The molecule has 0 atom stereocenters. The number of ether oxygens (including phenoxy) is 1. The Labute approximate surface area is 171 Å². The van der Waals surface area contributed by atoms with Crippen LogP contribution in [0, 0.1) is 5.41 Å². The van der Waals surface area contributed by atoms with Crippen LogP contribution < -0.4 is 4.74 Å². The molecule has 2 heterocycles. The number of rotatable bonds is 7. The number of hydrogen-bond acceptors (Lipinski definition) is 4. The number of nitrogens with zero attached hydrogens (tertiary/aromatic N) is 1. The Balaban J connectivity index is 1.95. The Kier molecular flexibility index (Phi) is 5.84. The highest BCUT2D eigenvalue weighted by molar-refractivity contribution is 8.00. The smallest absolute Gasteiger partial charge is 0.130 e. The van der Waals surface area contributed by atoms with Crippen molar-refractivity contribution in [3.63, 3.8) is 0 Å². The largest absolute Gasteiger partial charge is 0.487 e. The number of hydrogen-bond donors (Lipinski definition) is 1. The molecule has 0 fully saturated rings. The van der Waals surface area contributed by atoms with Crippen molar-refractivity contribution in [1.82, 2.24) is 9.97 Å². The standard InChI is InChI=1S/C23H28N2O2S/c1-22(2,3)28-21-18-12-17(27-14-16-8-6-7-11-24-16)9-10-19(18)25-20(21)13-23(4,5)15-26/h6-12,15,25H,13-14H2,1-5H3. The Morgan fingerprint density at radius 3 is 2.57 bits per heavy atom. The van der Waals surface area contributed by atoms with Gasteiger partial charge in [0.15, 0.2) is 0 Å². The van der Waals surface area contributed by atoms with Crippen molar-refractivity contribution < 1.29 is 9.53 Å². The van der Waals surface area contributed by atoms with Crippen molar-refractivity contribution in [3.05, 3.63) is 54.0 Å². The van der Waals surface area contributed by atoms with Gasteiger partial charge in [0.05, 0.1) is 5.69 Å². The Bertz CT molecular complexity index is 956. The summed E-state index contributed by atoms with van der Waals surface area (Å²) in [5.41, 5.74) is 2.66. The zero-order chi connectivity index (χ0) is 20.4. The van der Waals surface area contributed by atoms with Gasteiger partial charge in [0, 0.05) is 44.3 Å². The lowest BCUT2D eigenvalue weighted by atomic mass is 9.90. The molecular weight excluding hydrogens is 368 g/mol. The molecule has 0 aliphatic rings. The van der Waals surface area contributed by atoms with Crippen LogP contribution in [0.25, 0.3) is 10.9 Å². The third-order valence-electron chi connectivity index (χ3n) is 4.27. The zero-order valence-electron chi connectivity index (χ0n) is 17.2. The number of aromatic amines is 1. The number of carbonyl (C=O) groups excluding carboxylic acids is 1. The zero-order valence-corrected chi connectivity index (χ0v) is 18.0. The maximum atomic E-state index is 11.5. The molecule has 0 amide bonds. The van der Waals surface area contributed by atoms with Crippen molar-refractivity contribution in [2.75, 3.05) is 0 Å². The number of fused-ring (bicyclic) bond motifs is 1. The first-order valence-electron chi connectivity index (χ1n) is 9.49. The van der Waals surface area contributed by atoms with Crippen LogP contribution in [0.5, 0.6) is 5.75 Å². The fraction of sp³-hybridized carbons (Fsp3) is 0.391. The maximum Gasteiger partial charge on any atom is 0.130 e. The fourth-order valence-corrected chi connectivity index (χ4v) is 4.11. The van der Waals surface area contributed by atoms with E-state index in [-0.39, 0.29) is 4.75 Å². The van der Waals surface area contributed by atoms with E-state index in [1.807, 2.05) is 55.9 Å². The lowest BCUT2D eigenvalue weighted by Gasteiger charge is -2.21. The van der Waals surface area contributed by atoms with E-state index in [1.165, 1.54) is 4.90 Å². The van der Waals surface area contributed by atoms with Crippen molar-refractivity contribution in [1.29, 1.82) is 0 Å². The van der Waals surface area contributed by atoms with Crippen molar-refractivity contribution in [2.24, 2.45) is 5.41 Å². The van der Waals surface area contributed by atoms with Gasteiger partial charge in [-0.3, -0.25) is 4.98 Å². The molecule has 0 radical (unpaired) electrons. The second-order valence-electron chi connectivity index (χ2n) is 8.75.